The lowest BCUT2D eigenvalue weighted by Gasteiger charge is -2.57. The van der Waals surface area contributed by atoms with Gasteiger partial charge in [-0.05, 0) is 56.6 Å². The first-order valence-corrected chi connectivity index (χ1v) is 12.3. The molecule has 0 amide bonds. The normalized spacial score (nSPS) is 50.3. The smallest absolute Gasteiger partial charge is 0.312 e. The summed E-state index contributed by atoms with van der Waals surface area (Å²) in [5.41, 5.74) is 0.0561. The fourth-order valence-electron chi connectivity index (χ4n) is 8.71. The summed E-state index contributed by atoms with van der Waals surface area (Å²) in [5, 5.41) is 0. The largest absolute Gasteiger partial charge is 0.498 e. The average molecular weight is 443 g/mol. The first kappa shape index (κ1) is 20.8. The Balaban J connectivity index is 1.48. The Morgan fingerprint density at radius 1 is 1.22 bits per heavy atom. The summed E-state index contributed by atoms with van der Waals surface area (Å²) in [5.74, 6) is 0.649. The van der Waals surface area contributed by atoms with Gasteiger partial charge in [-0.25, -0.2) is 0 Å². The van der Waals surface area contributed by atoms with Crippen molar-refractivity contribution >= 4 is 11.9 Å². The van der Waals surface area contributed by atoms with E-state index in [0.29, 0.717) is 13.0 Å². The van der Waals surface area contributed by atoms with E-state index in [1.807, 2.05) is 6.92 Å². The number of ether oxygens (including phenoxy) is 4. The van der Waals surface area contributed by atoms with Crippen molar-refractivity contribution in [3.05, 3.63) is 23.5 Å². The van der Waals surface area contributed by atoms with Crippen LogP contribution in [0.5, 0.6) is 0 Å². The minimum absolute atomic E-state index is 0.0353. The molecule has 0 radical (unpaired) electrons. The molecule has 4 fully saturated rings. The molecule has 0 aromatic heterocycles. The van der Waals surface area contributed by atoms with E-state index in [2.05, 4.69) is 26.0 Å². The highest BCUT2D eigenvalue weighted by molar-refractivity contribution is 5.77. The summed E-state index contributed by atoms with van der Waals surface area (Å²) in [7, 11) is 1.48. The maximum absolute atomic E-state index is 13.2. The van der Waals surface area contributed by atoms with Crippen LogP contribution in [0.15, 0.2) is 23.5 Å². The molecule has 32 heavy (non-hydrogen) atoms. The maximum atomic E-state index is 13.2. The number of rotatable bonds is 3. The number of hydrogen-bond donors (Lipinski definition) is 0. The zero-order valence-corrected chi connectivity index (χ0v) is 19.6. The minimum Gasteiger partial charge on any atom is -0.498 e. The summed E-state index contributed by atoms with van der Waals surface area (Å²) in [6, 6.07) is 0. The number of carbonyl (C=O) groups excluding carboxylic acids is 2. The molecule has 0 aromatic rings. The van der Waals surface area contributed by atoms with Gasteiger partial charge in [0.15, 0.2) is 0 Å². The van der Waals surface area contributed by atoms with Crippen LogP contribution < -0.4 is 0 Å². The molecule has 6 rings (SSSR count). The number of esters is 2. The lowest BCUT2D eigenvalue weighted by atomic mass is 9.45. The summed E-state index contributed by atoms with van der Waals surface area (Å²) in [6.07, 6.45) is 10.2. The van der Waals surface area contributed by atoms with Crippen molar-refractivity contribution in [1.82, 2.24) is 0 Å². The van der Waals surface area contributed by atoms with Gasteiger partial charge in [0.05, 0.1) is 31.5 Å². The number of allylic oxidation sites excluding steroid dienone is 2. The second-order valence-corrected chi connectivity index (χ2v) is 11.2. The lowest BCUT2D eigenvalue weighted by Crippen LogP contribution is -2.62. The van der Waals surface area contributed by atoms with Crippen LogP contribution >= 0.6 is 0 Å². The summed E-state index contributed by atoms with van der Waals surface area (Å²) < 4.78 is 24.0. The van der Waals surface area contributed by atoms with Crippen molar-refractivity contribution in [3.63, 3.8) is 0 Å². The van der Waals surface area contributed by atoms with E-state index in [9.17, 15) is 9.59 Å². The quantitative estimate of drug-likeness (QED) is 0.484. The van der Waals surface area contributed by atoms with Crippen LogP contribution in [0.3, 0.4) is 0 Å². The van der Waals surface area contributed by atoms with Crippen LogP contribution in [-0.4, -0.2) is 43.0 Å². The second kappa shape index (κ2) is 6.40. The first-order valence-electron chi connectivity index (χ1n) is 12.3. The van der Waals surface area contributed by atoms with Gasteiger partial charge in [0, 0.05) is 29.6 Å². The van der Waals surface area contributed by atoms with E-state index < -0.39 is 5.60 Å². The Morgan fingerprint density at radius 2 is 2.03 bits per heavy atom. The number of carbonyl (C=O) groups is 2. The molecular formula is C26H34O6. The van der Waals surface area contributed by atoms with Crippen molar-refractivity contribution in [3.8, 4) is 0 Å². The van der Waals surface area contributed by atoms with E-state index in [4.69, 9.17) is 18.9 Å². The molecule has 2 unspecified atom stereocenters. The zero-order chi connectivity index (χ0) is 22.5. The molecule has 2 saturated carbocycles. The van der Waals surface area contributed by atoms with E-state index >= 15 is 0 Å². The van der Waals surface area contributed by atoms with Gasteiger partial charge in [-0.1, -0.05) is 19.9 Å². The van der Waals surface area contributed by atoms with Crippen molar-refractivity contribution in [2.75, 3.05) is 13.7 Å². The summed E-state index contributed by atoms with van der Waals surface area (Å²) in [4.78, 5) is 25.3. The van der Waals surface area contributed by atoms with Gasteiger partial charge in [-0.2, -0.15) is 0 Å². The molecule has 8 atom stereocenters. The molecule has 4 aliphatic carbocycles. The number of hydrogen-bond acceptors (Lipinski definition) is 6. The Hall–Kier alpha value is -1.82. The molecule has 6 heteroatoms. The van der Waals surface area contributed by atoms with E-state index in [-0.39, 0.29) is 52.2 Å². The number of methoxy groups -OCH3 is 1. The third kappa shape index (κ3) is 2.25. The highest BCUT2D eigenvalue weighted by Gasteiger charge is 2.83. The monoisotopic (exact) mass is 442 g/mol. The Labute approximate surface area is 189 Å². The first-order chi connectivity index (χ1) is 15.2. The van der Waals surface area contributed by atoms with Crippen LogP contribution in [0.1, 0.15) is 65.7 Å². The molecule has 2 spiro atoms. The standard InChI is InChI=1S/C26H34O6/c1-5-30-16-6-9-23(2)15(12-16)13-17(22(28)29-4)21-18-7-10-25(11-8-20(27)32-25)24(18,3)14-19-26(21,23)31-19/h12-13,17-19,21H,5-11,14H2,1-4H3/t17-,18?,19-,21?,23+,24+,25-,26-/m1/s1. The molecular weight excluding hydrogens is 408 g/mol. The van der Waals surface area contributed by atoms with Crippen molar-refractivity contribution in [2.24, 2.45) is 28.6 Å². The highest BCUT2D eigenvalue weighted by Crippen LogP contribution is 2.77. The van der Waals surface area contributed by atoms with Crippen LogP contribution in [0.2, 0.25) is 0 Å². The third-order valence-electron chi connectivity index (χ3n) is 10.3. The van der Waals surface area contributed by atoms with Crippen LogP contribution in [0.25, 0.3) is 0 Å². The molecule has 0 aromatic carbocycles. The predicted octanol–water partition coefficient (Wildman–Crippen LogP) is 4.09. The Kier molecular flexibility index (Phi) is 4.15. The Bertz CT molecular complexity index is 952. The van der Waals surface area contributed by atoms with Crippen LogP contribution in [0.4, 0.5) is 0 Å². The summed E-state index contributed by atoms with van der Waals surface area (Å²) >= 11 is 0. The van der Waals surface area contributed by atoms with Gasteiger partial charge in [0.2, 0.25) is 0 Å². The maximum Gasteiger partial charge on any atom is 0.312 e. The van der Waals surface area contributed by atoms with Gasteiger partial charge >= 0.3 is 11.9 Å². The second-order valence-electron chi connectivity index (χ2n) is 11.2. The van der Waals surface area contributed by atoms with Gasteiger partial charge in [-0.3, -0.25) is 9.59 Å². The van der Waals surface area contributed by atoms with E-state index in [1.54, 1.807) is 0 Å². The van der Waals surface area contributed by atoms with Gasteiger partial charge in [0.25, 0.3) is 0 Å². The molecule has 6 aliphatic rings. The molecule has 2 heterocycles. The van der Waals surface area contributed by atoms with Crippen molar-refractivity contribution in [2.45, 2.75) is 83.0 Å². The van der Waals surface area contributed by atoms with Crippen LogP contribution in [-0.2, 0) is 28.5 Å². The van der Waals surface area contributed by atoms with Crippen molar-refractivity contribution < 1.29 is 28.5 Å². The molecule has 2 saturated heterocycles. The zero-order valence-electron chi connectivity index (χ0n) is 19.6. The van der Waals surface area contributed by atoms with Gasteiger partial charge in [0.1, 0.15) is 11.2 Å². The number of epoxide rings is 1. The van der Waals surface area contributed by atoms with E-state index in [1.165, 1.54) is 7.11 Å². The average Bonchev–Trinajstić information content (AvgIpc) is 3.25. The van der Waals surface area contributed by atoms with Crippen molar-refractivity contribution in [1.29, 1.82) is 0 Å². The minimum atomic E-state index is -0.410. The van der Waals surface area contributed by atoms with Gasteiger partial charge in [-0.15, -0.1) is 0 Å². The number of fused-ring (bicyclic) bond motifs is 4. The highest BCUT2D eigenvalue weighted by atomic mass is 16.6. The molecule has 0 N–H and O–H groups in total. The van der Waals surface area contributed by atoms with Crippen LogP contribution in [0, 0.1) is 28.6 Å². The fraction of sp³-hybridized carbons (Fsp3) is 0.769. The summed E-state index contributed by atoms with van der Waals surface area (Å²) in [6.45, 7) is 7.26. The molecule has 0 bridgehead atoms. The van der Waals surface area contributed by atoms with Gasteiger partial charge < -0.3 is 18.9 Å². The lowest BCUT2D eigenvalue weighted by molar-refractivity contribution is -0.168. The Morgan fingerprint density at radius 3 is 2.72 bits per heavy atom. The molecule has 2 aliphatic heterocycles. The third-order valence-corrected chi connectivity index (χ3v) is 10.3. The molecule has 6 nitrogen and oxygen atoms in total. The molecule has 174 valence electrons. The van der Waals surface area contributed by atoms with E-state index in [0.717, 1.165) is 49.9 Å². The predicted molar refractivity (Wildman–Crippen MR) is 115 cm³/mol. The topological polar surface area (TPSA) is 74.4 Å². The SMILES string of the molecule is CCOC1=CC2=C[C@@H](C(=O)OC)C3C4CC[C@@]5(CCC(=O)O5)[C@@]4(C)C[C@H]4O[C@@]34[C@@]2(C)CC1. The fourth-order valence-corrected chi connectivity index (χ4v) is 8.71.